The molecule has 0 aromatic rings. The lowest BCUT2D eigenvalue weighted by atomic mass is 10.1. The first-order chi connectivity index (χ1) is 6.07. The molecular weight excluding hydrogens is 168 g/mol. The van der Waals surface area contributed by atoms with Crippen molar-refractivity contribution in [2.45, 2.75) is 25.9 Å². The number of nitrogens with one attached hydrogen (secondary N) is 1. The van der Waals surface area contributed by atoms with Gasteiger partial charge in [-0.2, -0.15) is 0 Å². The Labute approximate surface area is 77.6 Å². The van der Waals surface area contributed by atoms with Crippen LogP contribution in [0.3, 0.4) is 0 Å². The minimum Gasteiger partial charge on any atom is -0.343 e. The zero-order valence-corrected chi connectivity index (χ0v) is 7.91. The van der Waals surface area contributed by atoms with Crippen LogP contribution in [0.1, 0.15) is 13.8 Å². The first-order valence-electron chi connectivity index (χ1n) is 4.29. The Balaban J connectivity index is 2.81. The molecular formula is C9H14N2O2. The van der Waals surface area contributed by atoms with Gasteiger partial charge in [0.25, 0.3) is 0 Å². The summed E-state index contributed by atoms with van der Waals surface area (Å²) in [7, 11) is 0. The Morgan fingerprint density at radius 3 is 2.69 bits per heavy atom. The van der Waals surface area contributed by atoms with Gasteiger partial charge in [0.1, 0.15) is 12.1 Å². The number of carbonyl (C=O) groups excluding carboxylic acids is 2. The van der Waals surface area contributed by atoms with Crippen molar-refractivity contribution >= 4 is 11.8 Å². The van der Waals surface area contributed by atoms with Crippen LogP contribution < -0.4 is 5.32 Å². The van der Waals surface area contributed by atoms with Gasteiger partial charge < -0.3 is 10.2 Å². The molecule has 0 spiro atoms. The van der Waals surface area contributed by atoms with Gasteiger partial charge in [0.15, 0.2) is 0 Å². The van der Waals surface area contributed by atoms with Crippen molar-refractivity contribution in [3.63, 3.8) is 0 Å². The summed E-state index contributed by atoms with van der Waals surface area (Å²) in [6.45, 7) is 7.37. The van der Waals surface area contributed by atoms with E-state index in [9.17, 15) is 9.59 Å². The molecule has 1 rings (SSSR count). The zero-order valence-electron chi connectivity index (χ0n) is 7.91. The molecule has 1 N–H and O–H groups in total. The predicted molar refractivity (Wildman–Crippen MR) is 49.0 cm³/mol. The topological polar surface area (TPSA) is 49.4 Å². The number of piperazine rings is 1. The zero-order chi connectivity index (χ0) is 10.0. The normalized spacial score (nSPS) is 28.6. The summed E-state index contributed by atoms with van der Waals surface area (Å²) in [5.74, 6) is -0.152. The molecule has 1 aliphatic heterocycles. The lowest BCUT2D eigenvalue weighted by Crippen LogP contribution is -2.61. The minimum atomic E-state index is -0.413. The van der Waals surface area contributed by atoms with Crippen LogP contribution >= 0.6 is 0 Å². The molecule has 13 heavy (non-hydrogen) atoms. The number of hydrogen-bond acceptors (Lipinski definition) is 2. The summed E-state index contributed by atoms with van der Waals surface area (Å²) in [4.78, 5) is 24.4. The quantitative estimate of drug-likeness (QED) is 0.607. The van der Waals surface area contributed by atoms with Crippen molar-refractivity contribution in [3.8, 4) is 0 Å². The van der Waals surface area contributed by atoms with E-state index in [4.69, 9.17) is 0 Å². The largest absolute Gasteiger partial charge is 0.343 e. The van der Waals surface area contributed by atoms with E-state index in [0.29, 0.717) is 6.54 Å². The van der Waals surface area contributed by atoms with Gasteiger partial charge in [0.05, 0.1) is 0 Å². The highest BCUT2D eigenvalue weighted by molar-refractivity contribution is 5.96. The predicted octanol–water partition coefficient (Wildman–Crippen LogP) is -0.0922. The van der Waals surface area contributed by atoms with E-state index in [1.807, 2.05) is 0 Å². The minimum absolute atomic E-state index is 0.0491. The molecule has 72 valence electrons. The third kappa shape index (κ3) is 1.71. The molecule has 0 bridgehead atoms. The Morgan fingerprint density at radius 1 is 1.54 bits per heavy atom. The van der Waals surface area contributed by atoms with Crippen molar-refractivity contribution in [2.24, 2.45) is 0 Å². The Morgan fingerprint density at radius 2 is 2.15 bits per heavy atom. The second-order valence-corrected chi connectivity index (χ2v) is 3.19. The van der Waals surface area contributed by atoms with Crippen molar-refractivity contribution < 1.29 is 9.59 Å². The Hall–Kier alpha value is -1.32. The first-order valence-corrected chi connectivity index (χ1v) is 4.29. The number of rotatable bonds is 2. The van der Waals surface area contributed by atoms with Gasteiger partial charge >= 0.3 is 0 Å². The molecule has 0 unspecified atom stereocenters. The van der Waals surface area contributed by atoms with Crippen LogP contribution in [0.25, 0.3) is 0 Å². The fourth-order valence-electron chi connectivity index (χ4n) is 1.36. The lowest BCUT2D eigenvalue weighted by molar-refractivity contribution is -0.147. The van der Waals surface area contributed by atoms with Gasteiger partial charge in [-0.3, -0.25) is 9.59 Å². The van der Waals surface area contributed by atoms with Gasteiger partial charge in [-0.15, -0.1) is 6.58 Å². The number of nitrogens with zero attached hydrogens (tertiary/aromatic N) is 1. The third-order valence-electron chi connectivity index (χ3n) is 2.19. The van der Waals surface area contributed by atoms with Crippen molar-refractivity contribution in [1.82, 2.24) is 10.2 Å². The average molecular weight is 182 g/mol. The van der Waals surface area contributed by atoms with Gasteiger partial charge in [-0.25, -0.2) is 0 Å². The summed E-state index contributed by atoms with van der Waals surface area (Å²) < 4.78 is 0. The maximum atomic E-state index is 11.5. The Bertz CT molecular complexity index is 250. The molecule has 1 heterocycles. The van der Waals surface area contributed by atoms with Crippen LogP contribution in [0, 0.1) is 0 Å². The highest BCUT2D eigenvalue weighted by Crippen LogP contribution is 2.08. The second kappa shape index (κ2) is 3.60. The standard InChI is InChI=1S/C9H14N2O2/c1-4-5-11-7(3)8(12)10-6(2)9(11)13/h4,6-7H,1,5H2,2-3H3,(H,10,12)/t6-,7+/m0/s1. The van der Waals surface area contributed by atoms with E-state index in [1.54, 1.807) is 19.9 Å². The molecule has 0 aromatic carbocycles. The smallest absolute Gasteiger partial charge is 0.245 e. The van der Waals surface area contributed by atoms with E-state index >= 15 is 0 Å². The number of carbonyl (C=O) groups is 2. The molecule has 0 radical (unpaired) electrons. The molecule has 4 nitrogen and oxygen atoms in total. The van der Waals surface area contributed by atoms with E-state index < -0.39 is 6.04 Å². The van der Waals surface area contributed by atoms with Crippen LogP contribution in [0.4, 0.5) is 0 Å². The molecule has 4 heteroatoms. The molecule has 0 aliphatic carbocycles. The van der Waals surface area contributed by atoms with Gasteiger partial charge in [0.2, 0.25) is 11.8 Å². The Kier molecular flexibility index (Phi) is 2.70. The van der Waals surface area contributed by atoms with Crippen LogP contribution in [0.2, 0.25) is 0 Å². The maximum Gasteiger partial charge on any atom is 0.245 e. The first kappa shape index (κ1) is 9.77. The fourth-order valence-corrected chi connectivity index (χ4v) is 1.36. The lowest BCUT2D eigenvalue weighted by Gasteiger charge is -2.35. The molecule has 2 amide bonds. The molecule has 1 fully saturated rings. The van der Waals surface area contributed by atoms with Crippen molar-refractivity contribution in [2.75, 3.05) is 6.54 Å². The number of amides is 2. The summed E-state index contributed by atoms with van der Waals surface area (Å²) in [6.07, 6.45) is 1.62. The van der Waals surface area contributed by atoms with Gasteiger partial charge in [0, 0.05) is 6.54 Å². The van der Waals surface area contributed by atoms with Crippen LogP contribution in [-0.4, -0.2) is 35.3 Å². The summed E-state index contributed by atoms with van der Waals surface area (Å²) >= 11 is 0. The van der Waals surface area contributed by atoms with E-state index in [2.05, 4.69) is 11.9 Å². The van der Waals surface area contributed by atoms with Crippen molar-refractivity contribution in [3.05, 3.63) is 12.7 Å². The van der Waals surface area contributed by atoms with E-state index in [0.717, 1.165) is 0 Å². The molecule has 1 saturated heterocycles. The summed E-state index contributed by atoms with van der Waals surface area (Å²) in [5, 5.41) is 2.60. The van der Waals surface area contributed by atoms with Crippen molar-refractivity contribution in [1.29, 1.82) is 0 Å². The SMILES string of the molecule is C=CCN1C(=O)[C@H](C)NC(=O)[C@H]1C. The van der Waals surface area contributed by atoms with E-state index in [-0.39, 0.29) is 17.9 Å². The maximum absolute atomic E-state index is 11.5. The van der Waals surface area contributed by atoms with E-state index in [1.165, 1.54) is 4.90 Å². The monoisotopic (exact) mass is 182 g/mol. The fraction of sp³-hybridized carbons (Fsp3) is 0.556. The summed E-state index contributed by atoms with van der Waals surface area (Å²) in [5.41, 5.74) is 0. The highest BCUT2D eigenvalue weighted by atomic mass is 16.2. The van der Waals surface area contributed by atoms with Gasteiger partial charge in [-0.1, -0.05) is 6.08 Å². The van der Waals surface area contributed by atoms with Gasteiger partial charge in [-0.05, 0) is 13.8 Å². The van der Waals surface area contributed by atoms with Crippen LogP contribution in [-0.2, 0) is 9.59 Å². The van der Waals surface area contributed by atoms with Crippen LogP contribution in [0.15, 0.2) is 12.7 Å². The van der Waals surface area contributed by atoms with Crippen LogP contribution in [0.5, 0.6) is 0 Å². The molecule has 1 aliphatic rings. The summed E-state index contributed by atoms with van der Waals surface area (Å²) in [6, 6.07) is -0.801. The molecule has 0 aromatic heterocycles. The average Bonchev–Trinajstić information content (AvgIpc) is 2.09. The number of hydrogen-bond donors (Lipinski definition) is 1. The molecule has 0 saturated carbocycles. The second-order valence-electron chi connectivity index (χ2n) is 3.19. The highest BCUT2D eigenvalue weighted by Gasteiger charge is 2.34. The molecule has 2 atom stereocenters. The third-order valence-corrected chi connectivity index (χ3v) is 2.19.